The van der Waals surface area contributed by atoms with E-state index in [1.165, 1.54) is 0 Å². The number of hydrogen-bond acceptors (Lipinski definition) is 6. The largest absolute Gasteiger partial charge is 0.381 e. The molecule has 0 unspecified atom stereocenters. The lowest BCUT2D eigenvalue weighted by Gasteiger charge is -2.38. The van der Waals surface area contributed by atoms with E-state index in [9.17, 15) is 4.79 Å². The van der Waals surface area contributed by atoms with Gasteiger partial charge in [-0.25, -0.2) is 4.98 Å². The van der Waals surface area contributed by atoms with Crippen LogP contribution in [0.15, 0.2) is 12.3 Å². The third-order valence-corrected chi connectivity index (χ3v) is 5.21. The molecule has 0 aromatic carbocycles. The molecule has 8 heteroatoms. The Morgan fingerprint density at radius 1 is 1.20 bits per heavy atom. The van der Waals surface area contributed by atoms with Gasteiger partial charge in [-0.15, -0.1) is 10.2 Å². The molecular formula is C17H23N5O3. The molecule has 2 fully saturated rings. The zero-order valence-electron chi connectivity index (χ0n) is 14.4. The first-order chi connectivity index (χ1) is 12.2. The second-order valence-corrected chi connectivity index (χ2v) is 6.82. The number of hydrogen-bond donors (Lipinski definition) is 1. The number of fused-ring (bicyclic) bond motifs is 1. The van der Waals surface area contributed by atoms with Crippen molar-refractivity contribution in [2.45, 2.75) is 32.2 Å². The Labute approximate surface area is 145 Å². The summed E-state index contributed by atoms with van der Waals surface area (Å²) in [6.07, 6.45) is 4.66. The molecule has 2 aliphatic rings. The molecule has 4 rings (SSSR count). The molecule has 1 N–H and O–H groups in total. The van der Waals surface area contributed by atoms with Gasteiger partial charge < -0.3 is 14.8 Å². The maximum atomic E-state index is 12.8. The van der Waals surface area contributed by atoms with Crippen molar-refractivity contribution in [3.8, 4) is 0 Å². The van der Waals surface area contributed by atoms with Crippen LogP contribution in [0.4, 0.5) is 0 Å². The minimum atomic E-state index is -0.206. The highest BCUT2D eigenvalue weighted by molar-refractivity contribution is 5.91. The van der Waals surface area contributed by atoms with Crippen LogP contribution in [0.1, 0.15) is 35.6 Å². The van der Waals surface area contributed by atoms with Crippen LogP contribution in [0.5, 0.6) is 0 Å². The summed E-state index contributed by atoms with van der Waals surface area (Å²) in [5.74, 6) is 1.36. The molecule has 2 saturated heterocycles. The summed E-state index contributed by atoms with van der Waals surface area (Å²) in [7, 11) is 0. The van der Waals surface area contributed by atoms with E-state index in [1.807, 2.05) is 13.0 Å². The summed E-state index contributed by atoms with van der Waals surface area (Å²) >= 11 is 0. The smallest absolute Gasteiger partial charge is 0.289 e. The van der Waals surface area contributed by atoms with Crippen LogP contribution < -0.4 is 5.32 Å². The number of ether oxygens (including phenoxy) is 2. The van der Waals surface area contributed by atoms with Crippen LogP contribution in [0, 0.1) is 18.8 Å². The summed E-state index contributed by atoms with van der Waals surface area (Å²) in [5, 5.41) is 11.2. The van der Waals surface area contributed by atoms with Gasteiger partial charge in [0.1, 0.15) is 0 Å². The molecule has 2 aliphatic heterocycles. The van der Waals surface area contributed by atoms with Crippen molar-refractivity contribution in [2.75, 3.05) is 26.4 Å². The highest BCUT2D eigenvalue weighted by atomic mass is 16.5. The Hall–Kier alpha value is -2.06. The Kier molecular flexibility index (Phi) is 4.63. The van der Waals surface area contributed by atoms with Crippen LogP contribution in [0.25, 0.3) is 5.78 Å². The zero-order chi connectivity index (χ0) is 17.2. The quantitative estimate of drug-likeness (QED) is 0.892. The molecule has 2 aromatic heterocycles. The average Bonchev–Trinajstić information content (AvgIpc) is 3.06. The lowest BCUT2D eigenvalue weighted by Crippen LogP contribution is -2.49. The van der Waals surface area contributed by atoms with Gasteiger partial charge in [-0.1, -0.05) is 0 Å². The Bertz CT molecular complexity index is 756. The summed E-state index contributed by atoms with van der Waals surface area (Å²) < 4.78 is 12.8. The average molecular weight is 345 g/mol. The number of aryl methyl sites for hydroxylation is 1. The zero-order valence-corrected chi connectivity index (χ0v) is 14.4. The number of rotatable bonds is 3. The van der Waals surface area contributed by atoms with Crippen molar-refractivity contribution in [3.05, 3.63) is 23.8 Å². The molecule has 4 heterocycles. The summed E-state index contributed by atoms with van der Waals surface area (Å²) in [6.45, 7) is 4.83. The van der Waals surface area contributed by atoms with Crippen molar-refractivity contribution in [3.63, 3.8) is 0 Å². The van der Waals surface area contributed by atoms with E-state index in [-0.39, 0.29) is 17.8 Å². The van der Waals surface area contributed by atoms with Crippen molar-refractivity contribution < 1.29 is 14.3 Å². The number of carbonyl (C=O) groups is 1. The first kappa shape index (κ1) is 16.4. The van der Waals surface area contributed by atoms with Gasteiger partial charge >= 0.3 is 0 Å². The molecule has 134 valence electrons. The summed E-state index contributed by atoms with van der Waals surface area (Å²) in [5.41, 5.74) is 0.843. The van der Waals surface area contributed by atoms with Crippen LogP contribution in [0.2, 0.25) is 0 Å². The second kappa shape index (κ2) is 7.05. The van der Waals surface area contributed by atoms with Gasteiger partial charge in [0.2, 0.25) is 5.82 Å². The van der Waals surface area contributed by atoms with Crippen LogP contribution >= 0.6 is 0 Å². The fraction of sp³-hybridized carbons (Fsp3) is 0.647. The van der Waals surface area contributed by atoms with E-state index < -0.39 is 0 Å². The van der Waals surface area contributed by atoms with E-state index in [1.54, 1.807) is 10.6 Å². The standard InChI is InChI=1S/C17H23N5O3/c1-11-2-6-22-15(20-21-17(22)18-11)16(23)19-14-5-9-25-10-13(14)12-3-7-24-8-4-12/h2,6,12-14H,3-5,7-10H2,1H3,(H,19,23)/t13-,14-/m0/s1. The van der Waals surface area contributed by atoms with Crippen molar-refractivity contribution in [1.29, 1.82) is 0 Å². The van der Waals surface area contributed by atoms with Crippen LogP contribution in [-0.2, 0) is 9.47 Å². The maximum Gasteiger partial charge on any atom is 0.289 e. The SMILES string of the molecule is Cc1ccn2c(C(=O)N[C@H]3CCOC[C@H]3C3CCOCC3)nnc2n1. The normalized spacial score (nSPS) is 25.2. The molecule has 0 saturated carbocycles. The number of nitrogens with zero attached hydrogens (tertiary/aromatic N) is 4. The molecule has 2 aromatic rings. The molecule has 0 bridgehead atoms. The first-order valence-electron chi connectivity index (χ1n) is 8.87. The van der Waals surface area contributed by atoms with E-state index in [2.05, 4.69) is 20.5 Å². The minimum Gasteiger partial charge on any atom is -0.381 e. The van der Waals surface area contributed by atoms with Gasteiger partial charge in [-0.2, -0.15) is 0 Å². The molecule has 0 radical (unpaired) electrons. The summed E-state index contributed by atoms with van der Waals surface area (Å²) in [4.78, 5) is 17.1. The number of aromatic nitrogens is 4. The Morgan fingerprint density at radius 2 is 2.00 bits per heavy atom. The highest BCUT2D eigenvalue weighted by Gasteiger charge is 2.35. The molecular weight excluding hydrogens is 322 g/mol. The van der Waals surface area contributed by atoms with Crippen LogP contribution in [-0.4, -0.2) is 58.0 Å². The fourth-order valence-electron chi connectivity index (χ4n) is 3.81. The van der Waals surface area contributed by atoms with E-state index >= 15 is 0 Å². The molecule has 25 heavy (non-hydrogen) atoms. The molecule has 0 aliphatic carbocycles. The Morgan fingerprint density at radius 3 is 2.84 bits per heavy atom. The molecule has 1 amide bonds. The van der Waals surface area contributed by atoms with Gasteiger partial charge in [0.05, 0.1) is 6.61 Å². The Balaban J connectivity index is 1.51. The maximum absolute atomic E-state index is 12.8. The number of amides is 1. The van der Waals surface area contributed by atoms with Crippen molar-refractivity contribution in [2.24, 2.45) is 11.8 Å². The lowest BCUT2D eigenvalue weighted by molar-refractivity contribution is -0.0260. The van der Waals surface area contributed by atoms with Gasteiger partial charge in [0, 0.05) is 43.7 Å². The van der Waals surface area contributed by atoms with Gasteiger partial charge in [-0.05, 0) is 38.2 Å². The number of carbonyl (C=O) groups excluding carboxylic acids is 1. The van der Waals surface area contributed by atoms with E-state index in [0.717, 1.165) is 38.2 Å². The van der Waals surface area contributed by atoms with Gasteiger partial charge in [0.15, 0.2) is 0 Å². The topological polar surface area (TPSA) is 90.6 Å². The van der Waals surface area contributed by atoms with Crippen molar-refractivity contribution in [1.82, 2.24) is 24.9 Å². The minimum absolute atomic E-state index is 0.0927. The number of nitrogens with one attached hydrogen (secondary N) is 1. The monoisotopic (exact) mass is 345 g/mol. The second-order valence-electron chi connectivity index (χ2n) is 6.82. The summed E-state index contributed by atoms with van der Waals surface area (Å²) in [6, 6.07) is 1.93. The first-order valence-corrected chi connectivity index (χ1v) is 8.87. The predicted molar refractivity (Wildman–Crippen MR) is 89.2 cm³/mol. The molecule has 0 spiro atoms. The predicted octanol–water partition coefficient (Wildman–Crippen LogP) is 0.994. The van der Waals surface area contributed by atoms with Crippen LogP contribution in [0.3, 0.4) is 0 Å². The van der Waals surface area contributed by atoms with Crippen molar-refractivity contribution >= 4 is 11.7 Å². The third-order valence-electron chi connectivity index (χ3n) is 5.21. The molecule has 2 atom stereocenters. The molecule has 8 nitrogen and oxygen atoms in total. The third kappa shape index (κ3) is 3.36. The van der Waals surface area contributed by atoms with Gasteiger partial charge in [-0.3, -0.25) is 9.20 Å². The fourth-order valence-corrected chi connectivity index (χ4v) is 3.81. The van der Waals surface area contributed by atoms with E-state index in [4.69, 9.17) is 9.47 Å². The highest BCUT2D eigenvalue weighted by Crippen LogP contribution is 2.30. The van der Waals surface area contributed by atoms with Gasteiger partial charge in [0.25, 0.3) is 11.7 Å². The van der Waals surface area contributed by atoms with E-state index in [0.29, 0.717) is 30.8 Å². The lowest BCUT2D eigenvalue weighted by atomic mass is 9.79.